The van der Waals surface area contributed by atoms with E-state index < -0.39 is 0 Å². The molecule has 1 fully saturated rings. The molecule has 0 bridgehead atoms. The maximum absolute atomic E-state index is 5.98. The molecule has 0 aromatic heterocycles. The van der Waals surface area contributed by atoms with Gasteiger partial charge in [0, 0.05) is 30.1 Å². The van der Waals surface area contributed by atoms with Crippen molar-refractivity contribution >= 4 is 41.5 Å². The second kappa shape index (κ2) is 6.98. The Morgan fingerprint density at radius 2 is 1.95 bits per heavy atom. The Balaban J connectivity index is 0.00000147. The third-order valence-corrected chi connectivity index (χ3v) is 4.51. The van der Waals surface area contributed by atoms with Crippen LogP contribution in [0.4, 0.5) is 0 Å². The zero-order valence-electron chi connectivity index (χ0n) is 11.5. The summed E-state index contributed by atoms with van der Waals surface area (Å²) in [5.41, 5.74) is 1.67. The first kappa shape index (κ1) is 15.9. The number of nitrogens with one attached hydrogen (secondary N) is 2. The minimum Gasteiger partial charge on any atom is -0.356 e. The molecule has 1 heterocycles. The van der Waals surface area contributed by atoms with E-state index in [1.54, 1.807) is 0 Å². The van der Waals surface area contributed by atoms with E-state index in [1.165, 1.54) is 24.8 Å². The molecular formula is C15H21ClIN3. The SMILES string of the molecule is Clc1ccc(C2(CNC3=NCCCN3)CCC2)cc1.I. The van der Waals surface area contributed by atoms with E-state index in [9.17, 15) is 0 Å². The number of hydrogen-bond donors (Lipinski definition) is 2. The predicted molar refractivity (Wildman–Crippen MR) is 95.3 cm³/mol. The first-order chi connectivity index (χ1) is 9.28. The summed E-state index contributed by atoms with van der Waals surface area (Å²) in [4.78, 5) is 4.47. The van der Waals surface area contributed by atoms with Gasteiger partial charge < -0.3 is 10.6 Å². The Bertz CT molecular complexity index is 469. The normalized spacial score (nSPS) is 19.9. The third-order valence-electron chi connectivity index (χ3n) is 4.26. The van der Waals surface area contributed by atoms with Crippen molar-refractivity contribution in [1.82, 2.24) is 10.6 Å². The summed E-state index contributed by atoms with van der Waals surface area (Å²) >= 11 is 5.98. The third kappa shape index (κ3) is 3.39. The summed E-state index contributed by atoms with van der Waals surface area (Å²) in [5, 5.41) is 7.61. The lowest BCUT2D eigenvalue weighted by Gasteiger charge is -2.43. The van der Waals surface area contributed by atoms with E-state index in [1.807, 2.05) is 12.1 Å². The van der Waals surface area contributed by atoms with Crippen LogP contribution in [0.15, 0.2) is 29.3 Å². The Kier molecular flexibility index (Phi) is 5.55. The first-order valence-electron chi connectivity index (χ1n) is 7.07. The highest BCUT2D eigenvalue weighted by Gasteiger charge is 2.38. The molecule has 110 valence electrons. The molecule has 1 aliphatic heterocycles. The van der Waals surface area contributed by atoms with Crippen molar-refractivity contribution in [3.05, 3.63) is 34.9 Å². The van der Waals surface area contributed by atoms with Crippen molar-refractivity contribution in [1.29, 1.82) is 0 Å². The van der Waals surface area contributed by atoms with Gasteiger partial charge in [-0.2, -0.15) is 0 Å². The van der Waals surface area contributed by atoms with Gasteiger partial charge >= 0.3 is 0 Å². The summed E-state index contributed by atoms with van der Waals surface area (Å²) in [6.07, 6.45) is 4.93. The van der Waals surface area contributed by atoms with Crippen molar-refractivity contribution < 1.29 is 0 Å². The predicted octanol–water partition coefficient (Wildman–Crippen LogP) is 3.32. The lowest BCUT2D eigenvalue weighted by molar-refractivity contribution is 0.243. The van der Waals surface area contributed by atoms with E-state index in [4.69, 9.17) is 11.6 Å². The van der Waals surface area contributed by atoms with Crippen molar-refractivity contribution in [2.24, 2.45) is 4.99 Å². The van der Waals surface area contributed by atoms with E-state index >= 15 is 0 Å². The monoisotopic (exact) mass is 405 g/mol. The standard InChI is InChI=1S/C15H20ClN3.HI/c16-13-5-3-12(4-6-13)15(7-1-8-15)11-19-14-17-9-2-10-18-14;/h3-6H,1-2,7-11H2,(H2,17,18,19);1H. The smallest absolute Gasteiger partial charge is 0.191 e. The Morgan fingerprint density at radius 1 is 1.20 bits per heavy atom. The van der Waals surface area contributed by atoms with Gasteiger partial charge in [0.15, 0.2) is 5.96 Å². The largest absolute Gasteiger partial charge is 0.356 e. The number of aliphatic imine (C=N–C) groups is 1. The highest BCUT2D eigenvalue weighted by molar-refractivity contribution is 14.0. The van der Waals surface area contributed by atoms with Gasteiger partial charge in [-0.15, -0.1) is 24.0 Å². The molecule has 0 saturated heterocycles. The molecular weight excluding hydrogens is 385 g/mol. The molecule has 1 saturated carbocycles. The molecule has 1 aromatic rings. The Labute approximate surface area is 142 Å². The quantitative estimate of drug-likeness (QED) is 0.757. The van der Waals surface area contributed by atoms with Gasteiger partial charge in [0.25, 0.3) is 0 Å². The Morgan fingerprint density at radius 3 is 2.50 bits per heavy atom. The number of nitrogens with zero attached hydrogens (tertiary/aromatic N) is 1. The molecule has 0 spiro atoms. The van der Waals surface area contributed by atoms with Gasteiger partial charge in [-0.1, -0.05) is 30.2 Å². The fraction of sp³-hybridized carbons (Fsp3) is 0.533. The van der Waals surface area contributed by atoms with Crippen LogP contribution in [0.1, 0.15) is 31.2 Å². The number of benzene rings is 1. The van der Waals surface area contributed by atoms with Gasteiger partial charge in [-0.3, -0.25) is 4.99 Å². The summed E-state index contributed by atoms with van der Waals surface area (Å²) in [6.45, 7) is 2.92. The minimum absolute atomic E-state index is 0. The van der Waals surface area contributed by atoms with Crippen LogP contribution in [-0.4, -0.2) is 25.6 Å². The van der Waals surface area contributed by atoms with E-state index in [-0.39, 0.29) is 29.4 Å². The second-order valence-electron chi connectivity index (χ2n) is 5.50. The summed E-state index contributed by atoms with van der Waals surface area (Å²) in [6, 6.07) is 8.32. The van der Waals surface area contributed by atoms with Crippen LogP contribution < -0.4 is 10.6 Å². The van der Waals surface area contributed by atoms with Crippen LogP contribution in [0, 0.1) is 0 Å². The number of halogens is 2. The van der Waals surface area contributed by atoms with Crippen LogP contribution >= 0.6 is 35.6 Å². The maximum atomic E-state index is 5.98. The van der Waals surface area contributed by atoms with Gasteiger partial charge in [0.1, 0.15) is 0 Å². The van der Waals surface area contributed by atoms with Gasteiger partial charge in [0.05, 0.1) is 0 Å². The van der Waals surface area contributed by atoms with Crippen LogP contribution in [0.2, 0.25) is 5.02 Å². The lowest BCUT2D eigenvalue weighted by atomic mass is 9.64. The van der Waals surface area contributed by atoms with E-state index in [0.29, 0.717) is 0 Å². The molecule has 2 N–H and O–H groups in total. The van der Waals surface area contributed by atoms with Crippen molar-refractivity contribution in [2.45, 2.75) is 31.1 Å². The molecule has 0 atom stereocenters. The molecule has 0 unspecified atom stereocenters. The van der Waals surface area contributed by atoms with Crippen molar-refractivity contribution in [3.8, 4) is 0 Å². The molecule has 0 amide bonds. The number of guanidine groups is 1. The summed E-state index contributed by atoms with van der Waals surface area (Å²) < 4.78 is 0. The number of rotatable bonds is 3. The second-order valence-corrected chi connectivity index (χ2v) is 5.94. The maximum Gasteiger partial charge on any atom is 0.191 e. The highest BCUT2D eigenvalue weighted by Crippen LogP contribution is 2.43. The van der Waals surface area contributed by atoms with Crippen LogP contribution in [0.5, 0.6) is 0 Å². The van der Waals surface area contributed by atoms with Crippen molar-refractivity contribution in [3.63, 3.8) is 0 Å². The molecule has 1 aliphatic carbocycles. The molecule has 3 nitrogen and oxygen atoms in total. The molecule has 3 rings (SSSR count). The van der Waals surface area contributed by atoms with Crippen molar-refractivity contribution in [2.75, 3.05) is 19.6 Å². The molecule has 5 heteroatoms. The van der Waals surface area contributed by atoms with Gasteiger partial charge in [0.2, 0.25) is 0 Å². The first-order valence-corrected chi connectivity index (χ1v) is 7.45. The summed E-state index contributed by atoms with van der Waals surface area (Å²) in [7, 11) is 0. The minimum atomic E-state index is 0. The molecule has 1 aromatic carbocycles. The van der Waals surface area contributed by atoms with Gasteiger partial charge in [-0.05, 0) is 37.0 Å². The molecule has 0 radical (unpaired) electrons. The Hall–Kier alpha value is -0.490. The van der Waals surface area contributed by atoms with E-state index in [0.717, 1.165) is 37.0 Å². The highest BCUT2D eigenvalue weighted by atomic mass is 127. The summed E-state index contributed by atoms with van der Waals surface area (Å²) in [5.74, 6) is 0.964. The topological polar surface area (TPSA) is 36.4 Å². The van der Waals surface area contributed by atoms with Crippen LogP contribution in [-0.2, 0) is 5.41 Å². The molecule has 2 aliphatic rings. The average Bonchev–Trinajstić information content (AvgIpc) is 2.41. The lowest BCUT2D eigenvalue weighted by Crippen LogP contribution is -2.50. The fourth-order valence-electron chi connectivity index (χ4n) is 2.88. The van der Waals surface area contributed by atoms with Gasteiger partial charge in [-0.25, -0.2) is 0 Å². The molecule has 20 heavy (non-hydrogen) atoms. The average molecular weight is 406 g/mol. The fourth-order valence-corrected chi connectivity index (χ4v) is 3.00. The number of hydrogen-bond acceptors (Lipinski definition) is 3. The van der Waals surface area contributed by atoms with Crippen LogP contribution in [0.25, 0.3) is 0 Å². The van der Waals surface area contributed by atoms with Crippen LogP contribution in [0.3, 0.4) is 0 Å². The zero-order chi connectivity index (χ0) is 13.1. The zero-order valence-corrected chi connectivity index (χ0v) is 14.6. The van der Waals surface area contributed by atoms with E-state index in [2.05, 4.69) is 27.8 Å².